The first-order valence-electron chi connectivity index (χ1n) is 14.7. The van der Waals surface area contributed by atoms with E-state index in [2.05, 4.69) is 59.8 Å². The average molecular weight is 643 g/mol. The standard InChI is InChI=1S/C33H30N12O3/c1-46-28-16-25-34-19-7-4-8-20(13-19)35-26-17-29(47-2)44-32(41-26)38-23-11-6-12-24(15-23)39-33-42-27(18-30(45-33)48-3)36-21-9-5-10-22(14-21)37-31(40-25)43-28/h4-18H,1-3H3,(H2,34,37,40,43)(H2,35,38,41,44)(H2,36,39,42,45). The van der Waals surface area contributed by atoms with E-state index in [1.807, 2.05) is 72.8 Å². The predicted molar refractivity (Wildman–Crippen MR) is 183 cm³/mol. The lowest BCUT2D eigenvalue weighted by atomic mass is 10.3. The van der Waals surface area contributed by atoms with Gasteiger partial charge in [0.2, 0.25) is 35.0 Å². The van der Waals surface area contributed by atoms with E-state index >= 15 is 0 Å². The molecule has 0 aliphatic rings. The number of ether oxygens (including phenoxy) is 3. The molecule has 4 heterocycles. The number of nitrogens with one attached hydrogen (secondary N) is 6. The zero-order valence-corrected chi connectivity index (χ0v) is 26.1. The van der Waals surface area contributed by atoms with Crippen molar-refractivity contribution in [3.8, 4) is 17.6 Å². The highest BCUT2D eigenvalue weighted by Crippen LogP contribution is 2.14. The second kappa shape index (κ2) is 13.2. The minimum absolute atomic E-state index is 0.328. The van der Waals surface area contributed by atoms with E-state index in [0.29, 0.717) is 51.9 Å². The summed E-state index contributed by atoms with van der Waals surface area (Å²) in [6.45, 7) is 0. The van der Waals surface area contributed by atoms with Gasteiger partial charge in [0.05, 0.1) is 21.3 Å². The van der Waals surface area contributed by atoms with Crippen molar-refractivity contribution in [2.24, 2.45) is 0 Å². The molecule has 0 saturated carbocycles. The molecule has 0 atom stereocenters. The van der Waals surface area contributed by atoms with Gasteiger partial charge >= 0.3 is 0 Å². The molecule has 0 fully saturated rings. The number of methoxy groups -OCH3 is 3. The van der Waals surface area contributed by atoms with E-state index in [1.165, 1.54) is 0 Å². The molecule has 0 spiro atoms. The lowest BCUT2D eigenvalue weighted by Gasteiger charge is -2.01. The second-order valence-corrected chi connectivity index (χ2v) is 10.3. The third-order valence-corrected chi connectivity index (χ3v) is 6.91. The molecule has 15 heteroatoms. The summed E-state index contributed by atoms with van der Waals surface area (Å²) in [5, 5.41) is 0. The van der Waals surface area contributed by atoms with Crippen LogP contribution in [0.2, 0.25) is 0 Å². The Bertz CT molecular complexity index is 2140. The van der Waals surface area contributed by atoms with Crippen molar-refractivity contribution in [1.82, 2.24) is 59.8 Å². The fourth-order valence-corrected chi connectivity index (χ4v) is 4.80. The molecule has 4 aromatic heterocycles. The van der Waals surface area contributed by atoms with Gasteiger partial charge in [0, 0.05) is 51.3 Å². The zero-order chi connectivity index (χ0) is 32.9. The number of aromatic nitrogens is 12. The van der Waals surface area contributed by atoms with Gasteiger partial charge in [-0.15, -0.1) is 0 Å². The van der Waals surface area contributed by atoms with Crippen LogP contribution in [0, 0.1) is 0 Å². The number of nitrogens with zero attached hydrogens (tertiary/aromatic N) is 6. The number of hydrogen-bond acceptors (Lipinski definition) is 9. The number of rotatable bonds is 3. The molecule has 7 rings (SSSR count). The summed E-state index contributed by atoms with van der Waals surface area (Å²) in [6, 6.07) is 28.0. The molecule has 15 nitrogen and oxygen atoms in total. The Labute approximate surface area is 271 Å². The first-order valence-corrected chi connectivity index (χ1v) is 14.7. The highest BCUT2D eigenvalue weighted by Gasteiger charge is 2.01. The minimum atomic E-state index is 0.328. The maximum atomic E-state index is 5.47. The third-order valence-electron chi connectivity index (χ3n) is 6.91. The summed E-state index contributed by atoms with van der Waals surface area (Å²) in [6.07, 6.45) is 0. The summed E-state index contributed by atoms with van der Waals surface area (Å²) < 4.78 is 16.4. The molecular weight excluding hydrogens is 612 g/mol. The van der Waals surface area contributed by atoms with Gasteiger partial charge in [0.25, 0.3) is 0 Å². The average Bonchev–Trinajstić information content (AvgIpc) is 3.08. The molecule has 0 aliphatic heterocycles. The Hall–Kier alpha value is -6.90. The summed E-state index contributed by atoms with van der Waals surface area (Å²) >= 11 is 0. The molecule has 0 unspecified atom stereocenters. The van der Waals surface area contributed by atoms with Gasteiger partial charge < -0.3 is 44.1 Å². The van der Waals surface area contributed by atoms with Crippen molar-refractivity contribution in [2.45, 2.75) is 0 Å². The first-order chi connectivity index (χ1) is 23.5. The van der Waals surface area contributed by atoms with E-state index in [-0.39, 0.29) is 0 Å². The Morgan fingerprint density at radius 3 is 0.896 bits per heavy atom. The zero-order valence-electron chi connectivity index (χ0n) is 26.1. The van der Waals surface area contributed by atoms with Crippen LogP contribution < -0.4 is 14.2 Å². The Morgan fingerprint density at radius 1 is 0.354 bits per heavy atom. The Morgan fingerprint density at radius 2 is 0.625 bits per heavy atom. The molecule has 3 aromatic carbocycles. The molecule has 6 N–H and O–H groups in total. The monoisotopic (exact) mass is 642 g/mol. The first kappa shape index (κ1) is 29.8. The highest BCUT2D eigenvalue weighted by molar-refractivity contribution is 5.66. The topological polar surface area (TPSA) is 200 Å². The number of aromatic amines is 6. The lowest BCUT2D eigenvalue weighted by molar-refractivity contribution is 0.399. The van der Waals surface area contributed by atoms with E-state index < -0.39 is 0 Å². The van der Waals surface area contributed by atoms with E-state index in [1.54, 1.807) is 39.5 Å². The van der Waals surface area contributed by atoms with Gasteiger partial charge in [-0.05, 0) is 54.6 Å². The van der Waals surface area contributed by atoms with Gasteiger partial charge in [-0.2, -0.15) is 29.9 Å². The van der Waals surface area contributed by atoms with E-state index in [0.717, 1.165) is 33.1 Å². The van der Waals surface area contributed by atoms with Crippen molar-refractivity contribution < 1.29 is 14.2 Å². The van der Waals surface area contributed by atoms with Gasteiger partial charge in [-0.25, -0.2) is 0 Å². The number of benzene rings is 3. The largest absolute Gasteiger partial charge is 0.481 e. The molecule has 0 saturated heterocycles. The van der Waals surface area contributed by atoms with Crippen LogP contribution in [0.4, 0.5) is 0 Å². The molecular formula is C33H30N12O3. The second-order valence-electron chi connectivity index (χ2n) is 10.3. The van der Waals surface area contributed by atoms with Crippen LogP contribution >= 0.6 is 0 Å². The van der Waals surface area contributed by atoms with Gasteiger partial charge in [0.1, 0.15) is 16.9 Å². The Balaban J connectivity index is 1.57. The van der Waals surface area contributed by atoms with Crippen molar-refractivity contribution >= 4 is 67.4 Å². The van der Waals surface area contributed by atoms with Crippen LogP contribution in [0.25, 0.3) is 67.4 Å². The number of H-pyrrole nitrogens is 6. The van der Waals surface area contributed by atoms with Crippen molar-refractivity contribution in [2.75, 3.05) is 21.3 Å². The molecule has 48 heavy (non-hydrogen) atoms. The van der Waals surface area contributed by atoms with Gasteiger partial charge in [-0.1, -0.05) is 18.2 Å². The molecule has 12 bridgehead atoms. The molecule has 7 aromatic rings. The van der Waals surface area contributed by atoms with Crippen LogP contribution in [0.1, 0.15) is 0 Å². The summed E-state index contributed by atoms with van der Waals surface area (Å²) in [5.74, 6) is 2.13. The predicted octanol–water partition coefficient (Wildman–Crippen LogP) is 6.03. The van der Waals surface area contributed by atoms with E-state index in [9.17, 15) is 0 Å². The smallest absolute Gasteiger partial charge is 0.232 e. The highest BCUT2D eigenvalue weighted by atomic mass is 16.5. The van der Waals surface area contributed by atoms with Crippen LogP contribution in [0.15, 0.2) is 91.0 Å². The lowest BCUT2D eigenvalue weighted by Crippen LogP contribution is -1.94. The van der Waals surface area contributed by atoms with Crippen molar-refractivity contribution in [3.63, 3.8) is 0 Å². The number of hydrogen-bond donors (Lipinski definition) is 6. The summed E-state index contributed by atoms with van der Waals surface area (Å²) in [4.78, 5) is 47.2. The van der Waals surface area contributed by atoms with Crippen LogP contribution in [-0.2, 0) is 0 Å². The third kappa shape index (κ3) is 7.15. The van der Waals surface area contributed by atoms with Crippen molar-refractivity contribution in [1.29, 1.82) is 0 Å². The molecule has 0 radical (unpaired) electrons. The fraction of sp³-hybridized carbons (Fsp3) is 0.0909. The van der Waals surface area contributed by atoms with Crippen LogP contribution in [0.3, 0.4) is 0 Å². The Kier molecular flexibility index (Phi) is 8.20. The molecule has 240 valence electrons. The minimum Gasteiger partial charge on any atom is -0.481 e. The van der Waals surface area contributed by atoms with Crippen molar-refractivity contribution in [3.05, 3.63) is 91.0 Å². The molecule has 0 aliphatic carbocycles. The van der Waals surface area contributed by atoms with E-state index in [4.69, 9.17) is 14.2 Å². The van der Waals surface area contributed by atoms with Crippen LogP contribution in [-0.4, -0.2) is 81.1 Å². The quantitative estimate of drug-likeness (QED) is 0.133. The molecule has 0 amide bonds. The van der Waals surface area contributed by atoms with Gasteiger partial charge in [0.15, 0.2) is 0 Å². The SMILES string of the molecule is COc1cc2nc(n1)[nH]c1cccc(c1)[nH]c1cc(OC)nc(n1)[nH]c1cccc(c1)[nH]c1nc(OC)cc(n1)[nH]c1cccc(c1)[nH]2. The number of fused-ring (bicyclic) bond motifs is 12. The summed E-state index contributed by atoms with van der Waals surface area (Å²) in [7, 11) is 4.66. The van der Waals surface area contributed by atoms with Gasteiger partial charge in [-0.3, -0.25) is 0 Å². The fourth-order valence-electron chi connectivity index (χ4n) is 4.80. The van der Waals surface area contributed by atoms with Crippen LogP contribution in [0.5, 0.6) is 17.6 Å². The maximum Gasteiger partial charge on any atom is 0.232 e. The normalized spacial score (nSPS) is 10.8. The summed E-state index contributed by atoms with van der Waals surface area (Å²) in [5.41, 5.74) is 6.06. The maximum absolute atomic E-state index is 5.47.